The molecular formula is C21H29BN2O5. The van der Waals surface area contributed by atoms with Gasteiger partial charge in [0.2, 0.25) is 5.91 Å². The summed E-state index contributed by atoms with van der Waals surface area (Å²) in [4.78, 5) is 24.4. The predicted molar refractivity (Wildman–Crippen MR) is 113 cm³/mol. The topological polar surface area (TPSA) is 108 Å². The molecule has 8 heteroatoms. The zero-order valence-corrected chi connectivity index (χ0v) is 16.9. The summed E-state index contributed by atoms with van der Waals surface area (Å²) < 4.78 is 5.20. The van der Waals surface area contributed by atoms with Gasteiger partial charge in [-0.1, -0.05) is 74.5 Å². The van der Waals surface area contributed by atoms with Crippen molar-refractivity contribution >= 4 is 19.7 Å². The third kappa shape index (κ3) is 10.3. The molecule has 29 heavy (non-hydrogen) atoms. The van der Waals surface area contributed by atoms with E-state index in [2.05, 4.69) is 10.6 Å². The van der Waals surface area contributed by atoms with E-state index in [9.17, 15) is 9.59 Å². The van der Waals surface area contributed by atoms with Gasteiger partial charge < -0.3 is 25.4 Å². The Morgan fingerprint density at radius 1 is 0.966 bits per heavy atom. The first-order valence-corrected chi connectivity index (χ1v) is 9.48. The molecular weight excluding hydrogens is 371 g/mol. The second-order valence-electron chi connectivity index (χ2n) is 6.60. The lowest BCUT2D eigenvalue weighted by Crippen LogP contribution is -2.50. The Morgan fingerprint density at radius 2 is 1.48 bits per heavy atom. The number of benzene rings is 2. The second kappa shape index (κ2) is 14.2. The Hall–Kier alpha value is -2.84. The monoisotopic (exact) mass is 400 g/mol. The summed E-state index contributed by atoms with van der Waals surface area (Å²) >= 11 is 0. The van der Waals surface area contributed by atoms with Crippen LogP contribution in [0.25, 0.3) is 0 Å². The zero-order valence-electron chi connectivity index (χ0n) is 16.9. The Balaban J connectivity index is 0.00000132. The first kappa shape index (κ1) is 24.2. The summed E-state index contributed by atoms with van der Waals surface area (Å²) in [6.07, 6.45) is 0.154. The van der Waals surface area contributed by atoms with Gasteiger partial charge in [0.25, 0.3) is 0 Å². The highest BCUT2D eigenvalue weighted by Gasteiger charge is 2.24. The van der Waals surface area contributed by atoms with Crippen LogP contribution in [-0.4, -0.2) is 42.3 Å². The van der Waals surface area contributed by atoms with E-state index in [4.69, 9.17) is 14.8 Å². The molecule has 0 fully saturated rings. The first-order chi connectivity index (χ1) is 14.0. The number of ether oxygens (including phenoxy) is 1. The maximum absolute atomic E-state index is 12.4. The van der Waals surface area contributed by atoms with E-state index in [0.29, 0.717) is 6.54 Å². The van der Waals surface area contributed by atoms with E-state index in [0.717, 1.165) is 17.5 Å². The van der Waals surface area contributed by atoms with Crippen LogP contribution in [0.5, 0.6) is 0 Å². The van der Waals surface area contributed by atoms with Crippen LogP contribution in [0.15, 0.2) is 60.7 Å². The molecule has 0 saturated heterocycles. The van der Waals surface area contributed by atoms with Crippen molar-refractivity contribution in [3.8, 4) is 0 Å². The number of hydrogen-bond donors (Lipinski definition) is 4. The number of rotatable bonds is 8. The van der Waals surface area contributed by atoms with Crippen LogP contribution >= 0.6 is 0 Å². The van der Waals surface area contributed by atoms with Crippen LogP contribution in [0.4, 0.5) is 4.79 Å². The summed E-state index contributed by atoms with van der Waals surface area (Å²) in [5.74, 6) is -0.247. The number of alkyl carbamates (subject to hydrolysis) is 1. The highest BCUT2D eigenvalue weighted by Crippen LogP contribution is 2.05. The average molecular weight is 400 g/mol. The number of carbonyl (C=O) groups excluding carboxylic acids is 2. The standard InChI is InChI=1S/C21H26N2O3.BH3O2/c1-16(2)19(20(24)22-14-13-17-9-5-3-6-10-17)23-21(25)26-15-18-11-7-4-8-12-18;2-1-3/h3-12,16,19H,13-15H2,1-2H3,(H,22,24)(H,23,25);1-3H. The van der Waals surface area contributed by atoms with Crippen molar-refractivity contribution in [3.63, 3.8) is 0 Å². The lowest BCUT2D eigenvalue weighted by atomic mass is 10.0. The minimum atomic E-state index is -0.750. The summed E-state index contributed by atoms with van der Waals surface area (Å²) in [6.45, 7) is 4.47. The molecule has 7 nitrogen and oxygen atoms in total. The minimum absolute atomic E-state index is 0.0454. The number of nitrogens with one attached hydrogen (secondary N) is 2. The Kier molecular flexibility index (Phi) is 11.9. The molecule has 0 aromatic heterocycles. The Morgan fingerprint density at radius 3 is 2.00 bits per heavy atom. The molecule has 1 atom stereocenters. The van der Waals surface area contributed by atoms with Crippen molar-refractivity contribution in [2.24, 2.45) is 5.92 Å². The third-order valence-corrected chi connectivity index (χ3v) is 3.99. The Bertz CT molecular complexity index is 714. The van der Waals surface area contributed by atoms with Gasteiger partial charge >= 0.3 is 13.8 Å². The molecule has 0 aliphatic heterocycles. The lowest BCUT2D eigenvalue weighted by molar-refractivity contribution is -0.124. The SMILES string of the molecule is CC(C)C(NC(=O)OCc1ccccc1)C(=O)NCCc1ccccc1.OBO. The van der Waals surface area contributed by atoms with Crippen molar-refractivity contribution in [2.75, 3.05) is 6.54 Å². The molecule has 0 bridgehead atoms. The maximum Gasteiger partial charge on any atom is 0.432 e. The maximum atomic E-state index is 12.4. The van der Waals surface area contributed by atoms with Gasteiger partial charge in [-0.25, -0.2) is 4.79 Å². The van der Waals surface area contributed by atoms with Crippen molar-refractivity contribution in [3.05, 3.63) is 71.8 Å². The molecule has 156 valence electrons. The lowest BCUT2D eigenvalue weighted by Gasteiger charge is -2.21. The smallest absolute Gasteiger partial charge is 0.432 e. The normalized spacial score (nSPS) is 10.9. The van der Waals surface area contributed by atoms with Gasteiger partial charge in [0.15, 0.2) is 0 Å². The number of amides is 2. The molecule has 0 aliphatic carbocycles. The highest BCUT2D eigenvalue weighted by atomic mass is 16.5. The quantitative estimate of drug-likeness (QED) is 0.503. The molecule has 2 aromatic rings. The van der Waals surface area contributed by atoms with Crippen molar-refractivity contribution in [1.82, 2.24) is 10.6 Å². The number of hydrogen-bond acceptors (Lipinski definition) is 5. The predicted octanol–water partition coefficient (Wildman–Crippen LogP) is 1.53. The number of carbonyl (C=O) groups is 2. The summed E-state index contributed by atoms with van der Waals surface area (Å²) in [5, 5.41) is 19.8. The van der Waals surface area contributed by atoms with Crippen LogP contribution in [0.1, 0.15) is 25.0 Å². The molecule has 0 radical (unpaired) electrons. The highest BCUT2D eigenvalue weighted by molar-refractivity contribution is 6.13. The van der Waals surface area contributed by atoms with Crippen LogP contribution in [-0.2, 0) is 22.6 Å². The van der Waals surface area contributed by atoms with Crippen LogP contribution in [0.2, 0.25) is 0 Å². The molecule has 1 unspecified atom stereocenters. The molecule has 2 aromatic carbocycles. The van der Waals surface area contributed by atoms with Crippen molar-refractivity contribution < 1.29 is 24.4 Å². The van der Waals surface area contributed by atoms with Crippen molar-refractivity contribution in [2.45, 2.75) is 32.9 Å². The van der Waals surface area contributed by atoms with Gasteiger partial charge in [-0.3, -0.25) is 4.79 Å². The van der Waals surface area contributed by atoms with Gasteiger partial charge in [0, 0.05) is 6.54 Å². The van der Waals surface area contributed by atoms with Gasteiger partial charge in [-0.05, 0) is 23.5 Å². The minimum Gasteiger partial charge on any atom is -0.445 e. The van der Waals surface area contributed by atoms with E-state index in [1.165, 1.54) is 0 Å². The molecule has 2 amide bonds. The fraction of sp³-hybridized carbons (Fsp3) is 0.333. The van der Waals surface area contributed by atoms with E-state index in [1.54, 1.807) is 0 Å². The summed E-state index contributed by atoms with van der Waals surface area (Å²) in [6, 6.07) is 18.7. The van der Waals surface area contributed by atoms with Gasteiger partial charge in [0.1, 0.15) is 12.6 Å². The van der Waals surface area contributed by atoms with Gasteiger partial charge in [-0.2, -0.15) is 0 Å². The van der Waals surface area contributed by atoms with Gasteiger partial charge in [0.05, 0.1) is 0 Å². The molecule has 4 N–H and O–H groups in total. The fourth-order valence-corrected chi connectivity index (χ4v) is 2.51. The molecule has 2 rings (SSSR count). The van der Waals surface area contributed by atoms with Crippen molar-refractivity contribution in [1.29, 1.82) is 0 Å². The van der Waals surface area contributed by atoms with Crippen LogP contribution < -0.4 is 10.6 Å². The summed E-state index contributed by atoms with van der Waals surface area (Å²) in [5.41, 5.74) is 2.06. The van der Waals surface area contributed by atoms with Crippen LogP contribution in [0.3, 0.4) is 0 Å². The average Bonchev–Trinajstić information content (AvgIpc) is 2.72. The summed E-state index contributed by atoms with van der Waals surface area (Å²) in [7, 11) is -0.750. The Labute approximate surface area is 172 Å². The van der Waals surface area contributed by atoms with E-state index >= 15 is 0 Å². The van der Waals surface area contributed by atoms with E-state index in [-0.39, 0.29) is 18.4 Å². The van der Waals surface area contributed by atoms with Gasteiger partial charge in [-0.15, -0.1) is 0 Å². The molecule has 0 spiro atoms. The first-order valence-electron chi connectivity index (χ1n) is 9.48. The third-order valence-electron chi connectivity index (χ3n) is 3.99. The fourth-order valence-electron chi connectivity index (χ4n) is 2.51. The molecule has 0 saturated carbocycles. The molecule has 0 heterocycles. The zero-order chi connectivity index (χ0) is 21.5. The van der Waals surface area contributed by atoms with E-state index in [1.807, 2.05) is 74.5 Å². The van der Waals surface area contributed by atoms with E-state index < -0.39 is 19.8 Å². The molecule has 0 aliphatic rings. The largest absolute Gasteiger partial charge is 0.445 e. The second-order valence-corrected chi connectivity index (χ2v) is 6.60. The van der Waals surface area contributed by atoms with Crippen LogP contribution in [0, 0.1) is 5.92 Å².